The fourth-order valence-electron chi connectivity index (χ4n) is 5.27. The van der Waals surface area contributed by atoms with E-state index in [1.807, 2.05) is 0 Å². The number of thioether (sulfide) groups is 1. The van der Waals surface area contributed by atoms with E-state index in [9.17, 15) is 28.4 Å². The molecule has 4 heterocycles. The molecule has 218 valence electrons. The van der Waals surface area contributed by atoms with E-state index in [4.69, 9.17) is 4.74 Å². The minimum absolute atomic E-state index is 0.211. The molecule has 0 aliphatic carbocycles. The van der Waals surface area contributed by atoms with Crippen LogP contribution in [0.4, 0.5) is 15.8 Å². The smallest absolute Gasteiger partial charge is 0.338 e. The summed E-state index contributed by atoms with van der Waals surface area (Å²) in [7, 11) is 0. The highest BCUT2D eigenvalue weighted by molar-refractivity contribution is 8.00. The van der Waals surface area contributed by atoms with Crippen molar-refractivity contribution < 1.29 is 28.3 Å². The summed E-state index contributed by atoms with van der Waals surface area (Å²) in [5.41, 5.74) is 1.62. The Morgan fingerprint density at radius 1 is 1.02 bits per heavy atom. The number of carbonyl (C=O) groups excluding carboxylic acids is 4. The predicted octanol–water partition coefficient (Wildman–Crippen LogP) is 4.06. The van der Waals surface area contributed by atoms with Crippen molar-refractivity contribution in [2.75, 3.05) is 16.8 Å². The van der Waals surface area contributed by atoms with E-state index < -0.39 is 51.5 Å². The van der Waals surface area contributed by atoms with Gasteiger partial charge in [0.2, 0.25) is 17.7 Å². The van der Waals surface area contributed by atoms with Crippen molar-refractivity contribution in [3.8, 4) is 0 Å². The highest BCUT2D eigenvalue weighted by atomic mass is 32.2. The monoisotopic (exact) mass is 618 g/mol. The number of nitrogens with zero attached hydrogens (tertiary/aromatic N) is 3. The number of anilines is 2. The van der Waals surface area contributed by atoms with Gasteiger partial charge in [-0.1, -0.05) is 29.2 Å². The first-order valence-corrected chi connectivity index (χ1v) is 15.0. The van der Waals surface area contributed by atoms with Gasteiger partial charge in [0.1, 0.15) is 17.6 Å². The first kappa shape index (κ1) is 28.5. The Bertz CT molecular complexity index is 1790. The van der Waals surface area contributed by atoms with Crippen LogP contribution in [-0.2, 0) is 25.7 Å². The molecule has 0 saturated carbocycles. The lowest BCUT2D eigenvalue weighted by Crippen LogP contribution is -2.33. The lowest BCUT2D eigenvalue weighted by atomic mass is 9.84. The summed E-state index contributed by atoms with van der Waals surface area (Å²) < 4.78 is 19.6. The molecular weight excluding hydrogens is 595 g/mol. The number of carbonyl (C=O) groups is 4. The molecule has 2 unspecified atom stereocenters. The third-order valence-electron chi connectivity index (χ3n) is 7.16. The Labute approximate surface area is 252 Å². The van der Waals surface area contributed by atoms with Gasteiger partial charge < -0.3 is 10.1 Å². The molecule has 2 aromatic heterocycles. The van der Waals surface area contributed by atoms with Gasteiger partial charge in [-0.3, -0.25) is 28.7 Å². The average molecular weight is 619 g/mol. The number of esters is 1. The summed E-state index contributed by atoms with van der Waals surface area (Å²) in [5.74, 6) is -3.87. The van der Waals surface area contributed by atoms with Crippen LogP contribution in [0, 0.1) is 11.7 Å². The lowest BCUT2D eigenvalue weighted by Gasteiger charge is -2.30. The normalized spacial score (nSPS) is 19.1. The van der Waals surface area contributed by atoms with Gasteiger partial charge in [-0.2, -0.15) is 0 Å². The molecule has 0 spiro atoms. The van der Waals surface area contributed by atoms with Crippen molar-refractivity contribution in [1.82, 2.24) is 9.55 Å². The number of fused-ring (bicyclic) bond motifs is 2. The lowest BCUT2D eigenvalue weighted by molar-refractivity contribution is -0.122. The maximum Gasteiger partial charge on any atom is 0.338 e. The Kier molecular flexibility index (Phi) is 7.67. The number of ether oxygens (including phenoxy) is 1. The first-order valence-electron chi connectivity index (χ1n) is 13.3. The Balaban J connectivity index is 1.35. The third kappa shape index (κ3) is 5.25. The quantitative estimate of drug-likeness (QED) is 0.243. The second-order valence-electron chi connectivity index (χ2n) is 9.79. The minimum Gasteiger partial charge on any atom is -0.462 e. The van der Waals surface area contributed by atoms with Crippen LogP contribution in [0.25, 0.3) is 0 Å². The van der Waals surface area contributed by atoms with Crippen LogP contribution in [0.1, 0.15) is 33.6 Å². The number of halogens is 1. The van der Waals surface area contributed by atoms with Gasteiger partial charge in [0.15, 0.2) is 0 Å². The molecule has 10 nitrogen and oxygen atoms in total. The number of pyridine rings is 1. The first-order chi connectivity index (χ1) is 20.8. The van der Waals surface area contributed by atoms with Crippen molar-refractivity contribution in [1.29, 1.82) is 0 Å². The molecule has 1 saturated heterocycles. The van der Waals surface area contributed by atoms with Gasteiger partial charge in [0, 0.05) is 28.9 Å². The van der Waals surface area contributed by atoms with Crippen molar-refractivity contribution in [2.24, 2.45) is 5.92 Å². The topological polar surface area (TPSA) is 128 Å². The van der Waals surface area contributed by atoms with E-state index in [0.717, 1.165) is 28.0 Å². The van der Waals surface area contributed by atoms with Gasteiger partial charge in [0.05, 0.1) is 28.8 Å². The van der Waals surface area contributed by atoms with Crippen LogP contribution >= 0.6 is 23.1 Å². The van der Waals surface area contributed by atoms with E-state index in [-0.39, 0.29) is 18.7 Å². The highest BCUT2D eigenvalue weighted by Crippen LogP contribution is 2.53. The molecule has 6 rings (SSSR count). The zero-order valence-electron chi connectivity index (χ0n) is 22.6. The summed E-state index contributed by atoms with van der Waals surface area (Å²) in [4.78, 5) is 71.5. The van der Waals surface area contributed by atoms with Crippen LogP contribution < -0.4 is 15.1 Å². The van der Waals surface area contributed by atoms with E-state index >= 15 is 0 Å². The van der Waals surface area contributed by atoms with Gasteiger partial charge >= 0.3 is 10.8 Å². The number of aromatic nitrogens is 2. The standard InChI is InChI=1S/C30H23FN4O6S2/c1-2-41-29(39)16-5-11-20(12-6-16)35-26(37)23-22(17-4-3-13-32-14-17)25-28(42-24(23)27(35)38)34(30(40)43-25)15-21(36)33-19-9-7-18(31)8-10-19/h3-14,22-24H,2,15H2,1H3,(H,33,36)/t22-,23?,24?/m0/s1. The molecule has 2 aromatic carbocycles. The van der Waals surface area contributed by atoms with E-state index in [2.05, 4.69) is 10.3 Å². The van der Waals surface area contributed by atoms with Crippen LogP contribution in [0.5, 0.6) is 0 Å². The highest BCUT2D eigenvalue weighted by Gasteiger charge is 2.56. The molecule has 3 amide bonds. The van der Waals surface area contributed by atoms with Gasteiger partial charge in [-0.25, -0.2) is 14.1 Å². The number of benzene rings is 2. The molecule has 43 heavy (non-hydrogen) atoms. The van der Waals surface area contributed by atoms with Gasteiger partial charge in [0.25, 0.3) is 0 Å². The van der Waals surface area contributed by atoms with E-state index in [1.54, 1.807) is 31.5 Å². The zero-order chi connectivity index (χ0) is 30.2. The van der Waals surface area contributed by atoms with Crippen molar-refractivity contribution in [2.45, 2.75) is 29.7 Å². The summed E-state index contributed by atoms with van der Waals surface area (Å²) in [6.07, 6.45) is 3.19. The molecule has 4 aromatic rings. The van der Waals surface area contributed by atoms with Crippen molar-refractivity contribution in [3.05, 3.63) is 105 Å². The number of hydrogen-bond donors (Lipinski definition) is 1. The number of rotatable bonds is 7. The maximum atomic E-state index is 14.0. The largest absolute Gasteiger partial charge is 0.462 e. The number of amides is 3. The minimum atomic E-state index is -0.879. The van der Waals surface area contributed by atoms with Crippen LogP contribution in [-0.4, -0.2) is 45.1 Å². The summed E-state index contributed by atoms with van der Waals surface area (Å²) in [6.45, 7) is 1.57. The Hall–Kier alpha value is -4.62. The summed E-state index contributed by atoms with van der Waals surface area (Å²) in [6, 6.07) is 14.8. The molecule has 0 bridgehead atoms. The molecule has 1 fully saturated rings. The molecule has 2 aliphatic rings. The molecule has 1 N–H and O–H groups in total. The summed E-state index contributed by atoms with van der Waals surface area (Å²) >= 11 is 2.01. The maximum absolute atomic E-state index is 14.0. The molecule has 3 atom stereocenters. The van der Waals surface area contributed by atoms with E-state index in [0.29, 0.717) is 26.8 Å². The number of nitrogens with one attached hydrogen (secondary N) is 1. The predicted molar refractivity (Wildman–Crippen MR) is 158 cm³/mol. The fraction of sp³-hybridized carbons (Fsp3) is 0.200. The Morgan fingerprint density at radius 3 is 2.44 bits per heavy atom. The van der Waals surface area contributed by atoms with Crippen LogP contribution in [0.15, 0.2) is 82.9 Å². The van der Waals surface area contributed by atoms with E-state index in [1.165, 1.54) is 53.1 Å². The van der Waals surface area contributed by atoms with Crippen molar-refractivity contribution >= 4 is 58.2 Å². The number of imide groups is 1. The SMILES string of the molecule is CCOC(=O)c1ccc(N2C(=O)C3Sc4c(sc(=O)n4CC(=O)Nc4ccc(F)cc4)[C@@H](c4cccnc4)C3C2=O)cc1. The fourth-order valence-corrected chi connectivity index (χ4v) is 8.04. The third-order valence-corrected chi connectivity index (χ3v) is 9.76. The molecule has 0 radical (unpaired) electrons. The zero-order valence-corrected chi connectivity index (χ0v) is 24.2. The average Bonchev–Trinajstić information content (AvgIpc) is 3.45. The molecule has 13 heteroatoms. The summed E-state index contributed by atoms with van der Waals surface area (Å²) in [5, 5.41) is 2.20. The second-order valence-corrected chi connectivity index (χ2v) is 11.9. The van der Waals surface area contributed by atoms with Crippen molar-refractivity contribution in [3.63, 3.8) is 0 Å². The number of hydrogen-bond acceptors (Lipinski definition) is 9. The van der Waals surface area contributed by atoms with Crippen LogP contribution in [0.2, 0.25) is 0 Å². The second kappa shape index (κ2) is 11.6. The van der Waals surface area contributed by atoms with Crippen LogP contribution in [0.3, 0.4) is 0 Å². The molecular formula is C30H23FN4O6S2. The number of thiazole rings is 1. The Morgan fingerprint density at radius 2 is 1.77 bits per heavy atom. The van der Waals surface area contributed by atoms with Gasteiger partial charge in [-0.05, 0) is 67.1 Å². The molecule has 2 aliphatic heterocycles. The van der Waals surface area contributed by atoms with Gasteiger partial charge in [-0.15, -0.1) is 0 Å².